The van der Waals surface area contributed by atoms with Crippen LogP contribution < -0.4 is 14.5 Å². The first kappa shape index (κ1) is 18.2. The molecule has 1 unspecified atom stereocenters. The number of rotatable bonds is 4. The highest BCUT2D eigenvalue weighted by molar-refractivity contribution is 7.92. The fourth-order valence-electron chi connectivity index (χ4n) is 3.19. The molecule has 1 aromatic heterocycles. The van der Waals surface area contributed by atoms with Crippen molar-refractivity contribution in [2.24, 2.45) is 0 Å². The van der Waals surface area contributed by atoms with Gasteiger partial charge in [0.05, 0.1) is 23.5 Å². The van der Waals surface area contributed by atoms with E-state index in [-0.39, 0.29) is 11.9 Å². The van der Waals surface area contributed by atoms with E-state index in [1.54, 1.807) is 35.4 Å². The van der Waals surface area contributed by atoms with Gasteiger partial charge in [0.2, 0.25) is 10.0 Å². The van der Waals surface area contributed by atoms with E-state index >= 15 is 0 Å². The van der Waals surface area contributed by atoms with Gasteiger partial charge in [-0.15, -0.1) is 0 Å². The molecule has 1 aliphatic rings. The lowest BCUT2D eigenvalue weighted by atomic mass is 9.97. The van der Waals surface area contributed by atoms with Crippen molar-refractivity contribution < 1.29 is 13.2 Å². The summed E-state index contributed by atoms with van der Waals surface area (Å²) >= 11 is 0. The lowest BCUT2D eigenvalue weighted by Gasteiger charge is -2.34. The lowest BCUT2D eigenvalue weighted by Crippen LogP contribution is -2.40. The van der Waals surface area contributed by atoms with Crippen molar-refractivity contribution in [3.63, 3.8) is 0 Å². The van der Waals surface area contributed by atoms with Crippen LogP contribution in [-0.4, -0.2) is 46.2 Å². The van der Waals surface area contributed by atoms with Gasteiger partial charge in [0.15, 0.2) is 0 Å². The van der Waals surface area contributed by atoms with Crippen LogP contribution >= 0.6 is 0 Å². The number of para-hydroxylation sites is 1. The summed E-state index contributed by atoms with van der Waals surface area (Å²) in [7, 11) is 0.307. The largest absolute Gasteiger partial charge is 0.362 e. The minimum atomic E-state index is -3.36. The van der Waals surface area contributed by atoms with E-state index in [1.165, 1.54) is 10.6 Å². The number of hydrogen-bond donors (Lipinski definition) is 1. The second-order valence-corrected chi connectivity index (χ2v) is 8.38. The Kier molecular flexibility index (Phi) is 4.86. The van der Waals surface area contributed by atoms with Crippen LogP contribution in [0.1, 0.15) is 28.4 Å². The Morgan fingerprint density at radius 2 is 1.96 bits per heavy atom. The molecule has 2 aromatic rings. The number of benzene rings is 1. The van der Waals surface area contributed by atoms with Gasteiger partial charge in [-0.05, 0) is 30.2 Å². The number of amides is 1. The fraction of sp³-hybridized carbons (Fsp3) is 0.333. The van der Waals surface area contributed by atoms with Crippen molar-refractivity contribution in [3.8, 4) is 0 Å². The van der Waals surface area contributed by atoms with Crippen molar-refractivity contribution in [2.45, 2.75) is 12.5 Å². The number of fused-ring (bicyclic) bond motifs is 1. The molecule has 0 spiro atoms. The molecular formula is C18H22N4O3S. The maximum Gasteiger partial charge on any atom is 0.255 e. The highest BCUT2D eigenvalue weighted by atomic mass is 32.2. The molecule has 26 heavy (non-hydrogen) atoms. The molecule has 0 radical (unpaired) electrons. The summed E-state index contributed by atoms with van der Waals surface area (Å²) in [5, 5.41) is 3.03. The first-order valence-electron chi connectivity index (χ1n) is 8.29. The molecule has 0 fully saturated rings. The molecular weight excluding hydrogens is 352 g/mol. The molecule has 1 amide bonds. The number of sulfonamides is 1. The normalized spacial score (nSPS) is 16.7. The van der Waals surface area contributed by atoms with E-state index in [0.717, 1.165) is 5.56 Å². The van der Waals surface area contributed by atoms with Crippen molar-refractivity contribution >= 4 is 27.4 Å². The van der Waals surface area contributed by atoms with Crippen molar-refractivity contribution in [1.29, 1.82) is 0 Å². The van der Waals surface area contributed by atoms with Gasteiger partial charge in [-0.25, -0.2) is 13.4 Å². The Labute approximate surface area is 153 Å². The molecule has 1 N–H and O–H groups in total. The van der Waals surface area contributed by atoms with Crippen LogP contribution in [0.4, 0.5) is 11.5 Å². The van der Waals surface area contributed by atoms with Crippen LogP contribution in [-0.2, 0) is 10.0 Å². The Hall–Kier alpha value is -2.61. The molecule has 2 heterocycles. The third-order valence-corrected chi connectivity index (χ3v) is 5.54. The van der Waals surface area contributed by atoms with Gasteiger partial charge < -0.3 is 10.2 Å². The average Bonchev–Trinajstić information content (AvgIpc) is 2.60. The zero-order chi connectivity index (χ0) is 18.9. The minimum Gasteiger partial charge on any atom is -0.362 e. The Bertz CT molecular complexity index is 928. The molecule has 1 aliphatic heterocycles. The standard InChI is InChI=1S/C18H22N4O3S/c1-21(2)17-14(8-6-11-19-17)18(23)20-15-10-12-22(26(3,24)25)16-9-5-4-7-13(15)16/h4-9,11,15H,10,12H2,1-3H3,(H,20,23). The number of hydrogen-bond acceptors (Lipinski definition) is 5. The van der Waals surface area contributed by atoms with Gasteiger partial charge in [0.1, 0.15) is 5.82 Å². The fourth-order valence-corrected chi connectivity index (χ4v) is 4.15. The quantitative estimate of drug-likeness (QED) is 0.882. The van der Waals surface area contributed by atoms with Gasteiger partial charge in [0.25, 0.3) is 5.91 Å². The van der Waals surface area contributed by atoms with Gasteiger partial charge in [0, 0.05) is 26.8 Å². The topological polar surface area (TPSA) is 82.6 Å². The predicted octanol–water partition coefficient (Wildman–Crippen LogP) is 1.79. The molecule has 0 bridgehead atoms. The van der Waals surface area contributed by atoms with Crippen LogP contribution in [0.2, 0.25) is 0 Å². The Morgan fingerprint density at radius 1 is 1.23 bits per heavy atom. The van der Waals surface area contributed by atoms with Crippen LogP contribution in [0, 0.1) is 0 Å². The molecule has 8 heteroatoms. The molecule has 0 saturated carbocycles. The maximum absolute atomic E-state index is 12.8. The minimum absolute atomic E-state index is 0.227. The van der Waals surface area contributed by atoms with Crippen LogP contribution in [0.25, 0.3) is 0 Å². The summed E-state index contributed by atoms with van der Waals surface area (Å²) in [5.74, 6) is 0.362. The zero-order valence-corrected chi connectivity index (χ0v) is 15.8. The number of nitrogens with one attached hydrogen (secondary N) is 1. The molecule has 1 aromatic carbocycles. The van der Waals surface area contributed by atoms with E-state index in [2.05, 4.69) is 10.3 Å². The van der Waals surface area contributed by atoms with E-state index in [1.807, 2.05) is 26.2 Å². The summed E-state index contributed by atoms with van der Waals surface area (Å²) in [6.07, 6.45) is 3.35. The molecule has 0 aliphatic carbocycles. The Balaban J connectivity index is 1.91. The highest BCUT2D eigenvalue weighted by Gasteiger charge is 2.31. The van der Waals surface area contributed by atoms with Crippen molar-refractivity contribution in [2.75, 3.05) is 36.1 Å². The summed E-state index contributed by atoms with van der Waals surface area (Å²) in [4.78, 5) is 18.9. The first-order chi connectivity index (χ1) is 12.3. The van der Waals surface area contributed by atoms with E-state index < -0.39 is 10.0 Å². The average molecular weight is 374 g/mol. The lowest BCUT2D eigenvalue weighted by molar-refractivity contribution is 0.0935. The number of pyridine rings is 1. The molecule has 1 atom stereocenters. The second kappa shape index (κ2) is 6.95. The van der Waals surface area contributed by atoms with Crippen LogP contribution in [0.3, 0.4) is 0 Å². The highest BCUT2D eigenvalue weighted by Crippen LogP contribution is 2.35. The monoisotopic (exact) mass is 374 g/mol. The number of carbonyl (C=O) groups excluding carboxylic acids is 1. The van der Waals surface area contributed by atoms with Crippen molar-refractivity contribution in [3.05, 3.63) is 53.7 Å². The first-order valence-corrected chi connectivity index (χ1v) is 10.1. The number of aromatic nitrogens is 1. The molecule has 7 nitrogen and oxygen atoms in total. The number of nitrogens with zero attached hydrogens (tertiary/aromatic N) is 3. The van der Waals surface area contributed by atoms with Gasteiger partial charge in [-0.2, -0.15) is 0 Å². The Morgan fingerprint density at radius 3 is 2.65 bits per heavy atom. The van der Waals surface area contributed by atoms with Crippen LogP contribution in [0.5, 0.6) is 0 Å². The van der Waals surface area contributed by atoms with E-state index in [4.69, 9.17) is 0 Å². The maximum atomic E-state index is 12.8. The van der Waals surface area contributed by atoms with Gasteiger partial charge in [-0.1, -0.05) is 18.2 Å². The zero-order valence-electron chi connectivity index (χ0n) is 15.0. The number of carbonyl (C=O) groups is 1. The summed E-state index contributed by atoms with van der Waals surface area (Å²) in [6.45, 7) is 0.328. The summed E-state index contributed by atoms with van der Waals surface area (Å²) in [5.41, 5.74) is 1.90. The van der Waals surface area contributed by atoms with Crippen molar-refractivity contribution in [1.82, 2.24) is 10.3 Å². The van der Waals surface area contributed by atoms with E-state index in [0.29, 0.717) is 30.0 Å². The van der Waals surface area contributed by atoms with Crippen LogP contribution in [0.15, 0.2) is 42.6 Å². The third-order valence-electron chi connectivity index (χ3n) is 4.36. The predicted molar refractivity (Wildman–Crippen MR) is 102 cm³/mol. The van der Waals surface area contributed by atoms with E-state index in [9.17, 15) is 13.2 Å². The molecule has 3 rings (SSSR count). The third kappa shape index (κ3) is 3.50. The summed E-state index contributed by atoms with van der Waals surface area (Å²) < 4.78 is 25.5. The second-order valence-electron chi connectivity index (χ2n) is 6.48. The SMILES string of the molecule is CN(C)c1ncccc1C(=O)NC1CCN(S(C)(=O)=O)c2ccccc21. The molecule has 0 saturated heterocycles. The van der Waals surface area contributed by atoms with Gasteiger partial charge >= 0.3 is 0 Å². The molecule has 138 valence electrons. The summed E-state index contributed by atoms with van der Waals surface area (Å²) in [6, 6.07) is 10.5. The smallest absolute Gasteiger partial charge is 0.255 e. The van der Waals surface area contributed by atoms with Gasteiger partial charge in [-0.3, -0.25) is 9.10 Å². The number of anilines is 2.